The number of benzene rings is 1. The van der Waals surface area contributed by atoms with Gasteiger partial charge in [0.15, 0.2) is 9.84 Å². The highest BCUT2D eigenvalue weighted by atomic mass is 32.2. The Hall–Kier alpha value is -1.87. The summed E-state index contributed by atoms with van der Waals surface area (Å²) in [7, 11) is -2.91. The van der Waals surface area contributed by atoms with E-state index in [0.29, 0.717) is 30.5 Å². The van der Waals surface area contributed by atoms with Gasteiger partial charge in [-0.15, -0.1) is 10.2 Å². The SMILES string of the molecule is O=C(CSc1nnc(C[C@H]2CCS(=O)(=O)C2)o1)NCCc1ccccc1. The van der Waals surface area contributed by atoms with Crippen molar-refractivity contribution in [2.45, 2.75) is 24.5 Å². The summed E-state index contributed by atoms with van der Waals surface area (Å²) in [5.41, 5.74) is 1.18. The van der Waals surface area contributed by atoms with Crippen LogP contribution in [0, 0.1) is 5.92 Å². The Kier molecular flexibility index (Phi) is 6.31. The van der Waals surface area contributed by atoms with Gasteiger partial charge in [0.1, 0.15) is 0 Å². The molecule has 140 valence electrons. The van der Waals surface area contributed by atoms with Gasteiger partial charge in [0, 0.05) is 13.0 Å². The Balaban J connectivity index is 1.37. The number of carbonyl (C=O) groups excluding carboxylic acids is 1. The van der Waals surface area contributed by atoms with Crippen molar-refractivity contribution >= 4 is 27.5 Å². The summed E-state index contributed by atoms with van der Waals surface area (Å²) < 4.78 is 28.5. The van der Waals surface area contributed by atoms with Gasteiger partial charge in [0.2, 0.25) is 11.8 Å². The first kappa shape index (κ1) is 18.9. The largest absolute Gasteiger partial charge is 0.416 e. The van der Waals surface area contributed by atoms with Crippen molar-refractivity contribution in [3.8, 4) is 0 Å². The fraction of sp³-hybridized carbons (Fsp3) is 0.471. The van der Waals surface area contributed by atoms with Crippen molar-refractivity contribution in [3.63, 3.8) is 0 Å². The normalized spacial score (nSPS) is 18.7. The molecule has 9 heteroatoms. The lowest BCUT2D eigenvalue weighted by atomic mass is 10.1. The van der Waals surface area contributed by atoms with Crippen molar-refractivity contribution in [2.75, 3.05) is 23.8 Å². The molecule has 2 heterocycles. The van der Waals surface area contributed by atoms with Gasteiger partial charge in [-0.25, -0.2) is 8.42 Å². The third-order valence-corrected chi connectivity index (χ3v) is 6.80. The summed E-state index contributed by atoms with van der Waals surface area (Å²) in [6, 6.07) is 9.96. The number of amides is 1. The Morgan fingerprint density at radius 2 is 2.08 bits per heavy atom. The number of sulfone groups is 1. The van der Waals surface area contributed by atoms with Gasteiger partial charge in [-0.05, 0) is 24.3 Å². The quantitative estimate of drug-likeness (QED) is 0.676. The molecule has 26 heavy (non-hydrogen) atoms. The number of rotatable bonds is 8. The van der Waals surface area contributed by atoms with Crippen molar-refractivity contribution in [1.29, 1.82) is 0 Å². The van der Waals surface area contributed by atoms with E-state index in [9.17, 15) is 13.2 Å². The minimum Gasteiger partial charge on any atom is -0.416 e. The molecule has 1 aliphatic heterocycles. The van der Waals surface area contributed by atoms with E-state index in [-0.39, 0.29) is 29.1 Å². The number of thioether (sulfide) groups is 1. The monoisotopic (exact) mass is 395 g/mol. The van der Waals surface area contributed by atoms with Gasteiger partial charge in [-0.1, -0.05) is 42.1 Å². The van der Waals surface area contributed by atoms with Crippen LogP contribution in [0.3, 0.4) is 0 Å². The van der Waals surface area contributed by atoms with Gasteiger partial charge in [-0.3, -0.25) is 4.79 Å². The van der Waals surface area contributed by atoms with Crippen LogP contribution in [0.2, 0.25) is 0 Å². The minimum atomic E-state index is -2.91. The Labute approximate surface area is 156 Å². The molecule has 7 nitrogen and oxygen atoms in total. The lowest BCUT2D eigenvalue weighted by molar-refractivity contribution is -0.118. The minimum absolute atomic E-state index is 0.0413. The van der Waals surface area contributed by atoms with E-state index >= 15 is 0 Å². The Morgan fingerprint density at radius 3 is 2.81 bits per heavy atom. The van der Waals surface area contributed by atoms with E-state index < -0.39 is 9.84 Å². The fourth-order valence-electron chi connectivity index (χ4n) is 2.83. The number of hydrogen-bond acceptors (Lipinski definition) is 7. The van der Waals surface area contributed by atoms with Gasteiger partial charge in [-0.2, -0.15) is 0 Å². The fourth-order valence-corrected chi connectivity index (χ4v) is 5.30. The van der Waals surface area contributed by atoms with Crippen LogP contribution < -0.4 is 5.32 Å². The first-order valence-corrected chi connectivity index (χ1v) is 11.3. The lowest BCUT2D eigenvalue weighted by Gasteiger charge is -2.04. The molecule has 2 aromatic rings. The van der Waals surface area contributed by atoms with E-state index in [0.717, 1.165) is 6.42 Å². The molecular weight excluding hydrogens is 374 g/mol. The highest BCUT2D eigenvalue weighted by Gasteiger charge is 2.29. The molecule has 0 radical (unpaired) electrons. The molecule has 3 rings (SSSR count). The first-order valence-electron chi connectivity index (χ1n) is 8.46. The first-order chi connectivity index (χ1) is 12.5. The summed E-state index contributed by atoms with van der Waals surface area (Å²) in [5, 5.41) is 11.0. The van der Waals surface area contributed by atoms with Crippen LogP contribution in [0.15, 0.2) is 40.0 Å². The van der Waals surface area contributed by atoms with Crippen LogP contribution in [0.5, 0.6) is 0 Å². The van der Waals surface area contributed by atoms with Gasteiger partial charge in [0.05, 0.1) is 17.3 Å². The molecular formula is C17H21N3O4S2. The number of nitrogens with zero attached hydrogens (tertiary/aromatic N) is 2. The zero-order valence-electron chi connectivity index (χ0n) is 14.3. The molecule has 0 aliphatic carbocycles. The van der Waals surface area contributed by atoms with E-state index in [1.807, 2.05) is 30.3 Å². The third kappa shape index (κ3) is 5.84. The van der Waals surface area contributed by atoms with Gasteiger partial charge >= 0.3 is 0 Å². The van der Waals surface area contributed by atoms with Crippen LogP contribution >= 0.6 is 11.8 Å². The molecule has 1 amide bonds. The van der Waals surface area contributed by atoms with Crippen LogP contribution in [0.4, 0.5) is 0 Å². The van der Waals surface area contributed by atoms with E-state index in [2.05, 4.69) is 15.5 Å². The second-order valence-electron chi connectivity index (χ2n) is 6.31. The average molecular weight is 396 g/mol. The molecule has 1 aliphatic rings. The number of nitrogens with one attached hydrogen (secondary N) is 1. The lowest BCUT2D eigenvalue weighted by Crippen LogP contribution is -2.27. The summed E-state index contributed by atoms with van der Waals surface area (Å²) in [4.78, 5) is 11.9. The van der Waals surface area contributed by atoms with E-state index in [1.165, 1.54) is 17.3 Å². The van der Waals surface area contributed by atoms with Crippen molar-refractivity contribution < 1.29 is 17.6 Å². The maximum Gasteiger partial charge on any atom is 0.277 e. The maximum atomic E-state index is 11.9. The van der Waals surface area contributed by atoms with Crippen molar-refractivity contribution in [1.82, 2.24) is 15.5 Å². The second kappa shape index (κ2) is 8.68. The van der Waals surface area contributed by atoms with Crippen molar-refractivity contribution in [2.24, 2.45) is 5.92 Å². The van der Waals surface area contributed by atoms with E-state index in [1.54, 1.807) is 0 Å². The molecule has 0 spiro atoms. The summed E-state index contributed by atoms with van der Waals surface area (Å²) in [5.74, 6) is 0.998. The molecule has 0 saturated carbocycles. The smallest absolute Gasteiger partial charge is 0.277 e. The van der Waals surface area contributed by atoms with Gasteiger partial charge in [0.25, 0.3) is 5.22 Å². The molecule has 1 fully saturated rings. The number of aromatic nitrogens is 2. The standard InChI is InChI=1S/C17H21N3O4S2/c21-15(18-8-6-13-4-2-1-3-5-13)11-25-17-20-19-16(24-17)10-14-7-9-26(22,23)12-14/h1-5,14H,6-12H2,(H,18,21)/t14-/m1/s1. The van der Waals surface area contributed by atoms with Crippen LogP contribution in [-0.2, 0) is 27.5 Å². The molecule has 1 aromatic carbocycles. The highest BCUT2D eigenvalue weighted by molar-refractivity contribution is 7.99. The number of carbonyl (C=O) groups is 1. The Morgan fingerprint density at radius 1 is 1.27 bits per heavy atom. The third-order valence-electron chi connectivity index (χ3n) is 4.14. The number of hydrogen-bond donors (Lipinski definition) is 1. The molecule has 0 unspecified atom stereocenters. The van der Waals surface area contributed by atoms with Crippen LogP contribution in [0.25, 0.3) is 0 Å². The van der Waals surface area contributed by atoms with Crippen LogP contribution in [0.1, 0.15) is 17.9 Å². The summed E-state index contributed by atoms with van der Waals surface area (Å²) in [6.07, 6.45) is 1.89. The van der Waals surface area contributed by atoms with Crippen LogP contribution in [-0.4, -0.2) is 48.3 Å². The highest BCUT2D eigenvalue weighted by Crippen LogP contribution is 2.23. The zero-order valence-corrected chi connectivity index (χ0v) is 15.9. The predicted octanol–water partition coefficient (Wildman–Crippen LogP) is 1.50. The second-order valence-corrected chi connectivity index (χ2v) is 9.46. The zero-order chi connectivity index (χ0) is 18.4. The van der Waals surface area contributed by atoms with E-state index in [4.69, 9.17) is 4.42 Å². The summed E-state index contributed by atoms with van der Waals surface area (Å²) >= 11 is 1.18. The summed E-state index contributed by atoms with van der Waals surface area (Å²) in [6.45, 7) is 0.578. The van der Waals surface area contributed by atoms with Crippen molar-refractivity contribution in [3.05, 3.63) is 41.8 Å². The molecule has 0 bridgehead atoms. The molecule has 1 N–H and O–H groups in total. The Bertz CT molecular complexity index is 837. The maximum absolute atomic E-state index is 11.9. The topological polar surface area (TPSA) is 102 Å². The molecule has 1 aromatic heterocycles. The predicted molar refractivity (Wildman–Crippen MR) is 98.6 cm³/mol. The molecule has 1 atom stereocenters. The van der Waals surface area contributed by atoms with Gasteiger partial charge < -0.3 is 9.73 Å². The molecule has 1 saturated heterocycles. The average Bonchev–Trinajstić information content (AvgIpc) is 3.20.